The average Bonchev–Trinajstić information content (AvgIpc) is 3.05. The lowest BCUT2D eigenvalue weighted by Gasteiger charge is -2.34. The number of rotatable bonds is 3. The second kappa shape index (κ2) is 6.44. The molecule has 1 fully saturated rings. The number of amides is 1. The second-order valence-electron chi connectivity index (χ2n) is 5.61. The van der Waals surface area contributed by atoms with Gasteiger partial charge >= 0.3 is 0 Å². The molecule has 5 nitrogen and oxygen atoms in total. The van der Waals surface area contributed by atoms with E-state index in [0.29, 0.717) is 13.1 Å². The first-order valence-corrected chi connectivity index (χ1v) is 7.72. The number of hydrogen-bond donors (Lipinski definition) is 0. The van der Waals surface area contributed by atoms with Gasteiger partial charge in [0.05, 0.1) is 11.6 Å². The van der Waals surface area contributed by atoms with Gasteiger partial charge in [0.2, 0.25) is 5.95 Å². The van der Waals surface area contributed by atoms with Crippen molar-refractivity contribution in [3.8, 4) is 0 Å². The minimum Gasteiger partial charge on any atom is -0.336 e. The van der Waals surface area contributed by atoms with Crippen LogP contribution in [-0.4, -0.2) is 38.4 Å². The highest BCUT2D eigenvalue weighted by atomic mass is 19.2. The molecule has 122 valence electrons. The molecule has 3 heterocycles. The Bertz CT molecular complexity index is 716. The number of carbonyl (C=O) groups excluding carboxylic acids is 1. The zero-order chi connectivity index (χ0) is 16.4. The molecule has 1 aliphatic heterocycles. The predicted molar refractivity (Wildman–Crippen MR) is 79.9 cm³/mol. The summed E-state index contributed by atoms with van der Waals surface area (Å²) in [6.45, 7) is 3.03. The molecule has 23 heavy (non-hydrogen) atoms. The molecular formula is C16H18F2N4O. The number of hydrogen-bond acceptors (Lipinski definition) is 3. The number of halogens is 2. The highest BCUT2D eigenvalue weighted by Gasteiger charge is 2.28. The maximum Gasteiger partial charge on any atom is 0.257 e. The number of piperidine rings is 1. The molecule has 2 aromatic rings. The van der Waals surface area contributed by atoms with E-state index in [2.05, 4.69) is 14.5 Å². The Balaban J connectivity index is 1.81. The number of carbonyl (C=O) groups is 1. The van der Waals surface area contributed by atoms with Crippen LogP contribution in [0.25, 0.3) is 0 Å². The highest BCUT2D eigenvalue weighted by Crippen LogP contribution is 2.25. The fourth-order valence-corrected chi connectivity index (χ4v) is 3.07. The third-order valence-electron chi connectivity index (χ3n) is 4.22. The topological polar surface area (TPSA) is 51.0 Å². The summed E-state index contributed by atoms with van der Waals surface area (Å²) < 4.78 is 29.1. The Kier molecular flexibility index (Phi) is 4.36. The normalized spacial score (nSPS) is 18.2. The van der Waals surface area contributed by atoms with E-state index in [1.165, 1.54) is 6.07 Å². The first-order chi connectivity index (χ1) is 11.1. The van der Waals surface area contributed by atoms with Gasteiger partial charge in [-0.05, 0) is 18.9 Å². The van der Waals surface area contributed by atoms with E-state index in [-0.39, 0.29) is 11.6 Å². The summed E-state index contributed by atoms with van der Waals surface area (Å²) in [6.07, 6.45) is 7.31. The first kappa shape index (κ1) is 15.6. The standard InChI is InChI=1S/C16H18F2N4O/c1-2-13-19-7-9-22(13)11-4-3-8-21(10-11)16(23)12-5-6-20-15(18)14(12)17/h5-7,9,11H,2-4,8,10H2,1H3/t11-/m0/s1. The van der Waals surface area contributed by atoms with E-state index < -0.39 is 17.7 Å². The van der Waals surface area contributed by atoms with E-state index >= 15 is 0 Å². The molecule has 7 heteroatoms. The quantitative estimate of drug-likeness (QED) is 0.817. The average molecular weight is 320 g/mol. The third-order valence-corrected chi connectivity index (χ3v) is 4.22. The molecule has 1 saturated heterocycles. The van der Waals surface area contributed by atoms with Crippen LogP contribution in [0.5, 0.6) is 0 Å². The first-order valence-electron chi connectivity index (χ1n) is 7.72. The fourth-order valence-electron chi connectivity index (χ4n) is 3.07. The van der Waals surface area contributed by atoms with Crippen molar-refractivity contribution in [2.75, 3.05) is 13.1 Å². The molecule has 0 aliphatic carbocycles. The molecule has 0 spiro atoms. The lowest BCUT2D eigenvalue weighted by molar-refractivity contribution is 0.0671. The summed E-state index contributed by atoms with van der Waals surface area (Å²) in [5, 5.41) is 0. The molecule has 0 aromatic carbocycles. The van der Waals surface area contributed by atoms with Crippen molar-refractivity contribution in [2.45, 2.75) is 32.2 Å². The molecule has 0 N–H and O–H groups in total. The molecular weight excluding hydrogens is 302 g/mol. The number of likely N-dealkylation sites (tertiary alicyclic amines) is 1. The van der Waals surface area contributed by atoms with Crippen molar-refractivity contribution >= 4 is 5.91 Å². The Labute approximate surface area is 133 Å². The summed E-state index contributed by atoms with van der Waals surface area (Å²) in [4.78, 5) is 21.6. The zero-order valence-electron chi connectivity index (χ0n) is 12.9. The number of imidazole rings is 1. The van der Waals surface area contributed by atoms with Gasteiger partial charge in [0, 0.05) is 38.1 Å². The smallest absolute Gasteiger partial charge is 0.257 e. The van der Waals surface area contributed by atoms with E-state index in [1.54, 1.807) is 11.1 Å². The van der Waals surface area contributed by atoms with Crippen LogP contribution in [0.1, 0.15) is 42.0 Å². The largest absolute Gasteiger partial charge is 0.336 e. The van der Waals surface area contributed by atoms with Crippen molar-refractivity contribution in [2.24, 2.45) is 0 Å². The Morgan fingerprint density at radius 3 is 2.96 bits per heavy atom. The van der Waals surface area contributed by atoms with Crippen molar-refractivity contribution < 1.29 is 13.6 Å². The van der Waals surface area contributed by atoms with Gasteiger partial charge in [0.1, 0.15) is 5.82 Å². The monoisotopic (exact) mass is 320 g/mol. The second-order valence-corrected chi connectivity index (χ2v) is 5.61. The van der Waals surface area contributed by atoms with Crippen molar-refractivity contribution in [1.29, 1.82) is 0 Å². The molecule has 3 rings (SSSR count). The SMILES string of the molecule is CCc1nccn1[C@H]1CCCN(C(=O)c2ccnc(F)c2F)C1. The summed E-state index contributed by atoms with van der Waals surface area (Å²) in [5.41, 5.74) is -0.264. The van der Waals surface area contributed by atoms with Crippen LogP contribution in [0, 0.1) is 11.8 Å². The molecule has 0 unspecified atom stereocenters. The van der Waals surface area contributed by atoms with Gasteiger partial charge in [-0.1, -0.05) is 6.92 Å². The van der Waals surface area contributed by atoms with Crippen LogP contribution >= 0.6 is 0 Å². The molecule has 2 aromatic heterocycles. The number of nitrogens with zero attached hydrogens (tertiary/aromatic N) is 4. The van der Waals surface area contributed by atoms with Gasteiger partial charge in [-0.2, -0.15) is 4.39 Å². The summed E-state index contributed by atoms with van der Waals surface area (Å²) in [5.74, 6) is -1.96. The molecule has 0 bridgehead atoms. The van der Waals surface area contributed by atoms with E-state index in [1.807, 2.05) is 13.1 Å². The minimum absolute atomic E-state index is 0.111. The van der Waals surface area contributed by atoms with Crippen LogP contribution in [0.2, 0.25) is 0 Å². The Hall–Kier alpha value is -2.31. The Morgan fingerprint density at radius 1 is 1.35 bits per heavy atom. The van der Waals surface area contributed by atoms with Crippen LogP contribution in [-0.2, 0) is 6.42 Å². The molecule has 1 aliphatic rings. The van der Waals surface area contributed by atoms with Crippen molar-refractivity contribution in [3.05, 3.63) is 47.8 Å². The van der Waals surface area contributed by atoms with Gasteiger partial charge in [0.15, 0.2) is 5.82 Å². The maximum atomic E-state index is 13.8. The fraction of sp³-hybridized carbons (Fsp3) is 0.438. The zero-order valence-corrected chi connectivity index (χ0v) is 12.9. The third kappa shape index (κ3) is 2.95. The van der Waals surface area contributed by atoms with Gasteiger partial charge in [-0.3, -0.25) is 4.79 Å². The van der Waals surface area contributed by atoms with Crippen LogP contribution in [0.15, 0.2) is 24.7 Å². The van der Waals surface area contributed by atoms with Crippen molar-refractivity contribution in [1.82, 2.24) is 19.4 Å². The highest BCUT2D eigenvalue weighted by molar-refractivity contribution is 5.94. The van der Waals surface area contributed by atoms with E-state index in [4.69, 9.17) is 0 Å². The van der Waals surface area contributed by atoms with Gasteiger partial charge in [-0.15, -0.1) is 0 Å². The van der Waals surface area contributed by atoms with Gasteiger partial charge in [0.25, 0.3) is 5.91 Å². The van der Waals surface area contributed by atoms with Crippen LogP contribution < -0.4 is 0 Å². The summed E-state index contributed by atoms with van der Waals surface area (Å²) in [7, 11) is 0. The van der Waals surface area contributed by atoms with Gasteiger partial charge < -0.3 is 9.47 Å². The summed E-state index contributed by atoms with van der Waals surface area (Å²) >= 11 is 0. The maximum absolute atomic E-state index is 13.8. The predicted octanol–water partition coefficient (Wildman–Crippen LogP) is 2.60. The number of aryl methyl sites for hydroxylation is 1. The lowest BCUT2D eigenvalue weighted by atomic mass is 10.0. The minimum atomic E-state index is -1.24. The molecule has 1 amide bonds. The van der Waals surface area contributed by atoms with Crippen LogP contribution in [0.4, 0.5) is 8.78 Å². The number of pyridine rings is 1. The van der Waals surface area contributed by atoms with E-state index in [9.17, 15) is 13.6 Å². The summed E-state index contributed by atoms with van der Waals surface area (Å²) in [6, 6.07) is 1.33. The van der Waals surface area contributed by atoms with E-state index in [0.717, 1.165) is 31.3 Å². The van der Waals surface area contributed by atoms with Crippen molar-refractivity contribution in [3.63, 3.8) is 0 Å². The number of aromatic nitrogens is 3. The van der Waals surface area contributed by atoms with Gasteiger partial charge in [-0.25, -0.2) is 14.4 Å². The molecule has 0 radical (unpaired) electrons. The molecule has 1 atom stereocenters. The molecule has 0 saturated carbocycles. The van der Waals surface area contributed by atoms with Crippen LogP contribution in [0.3, 0.4) is 0 Å². The Morgan fingerprint density at radius 2 is 2.17 bits per heavy atom. The lowest BCUT2D eigenvalue weighted by Crippen LogP contribution is -2.41.